The second-order valence-corrected chi connectivity index (χ2v) is 9.09. The van der Waals surface area contributed by atoms with Gasteiger partial charge in [0.1, 0.15) is 21.6 Å². The Labute approximate surface area is 151 Å². The largest absolute Gasteiger partial charge is 0.337 e. The van der Waals surface area contributed by atoms with Crippen LogP contribution in [-0.2, 0) is 14.6 Å². The molecule has 2 saturated heterocycles. The molecule has 2 aliphatic heterocycles. The predicted molar refractivity (Wildman–Crippen MR) is 92.6 cm³/mol. The standard InChI is InChI=1S/C17H20N4O4S/c22-17(12-6-10-26(23,24)11-7-12)21-9-3-5-14(21)16-19-15(20-25-16)13-4-1-2-8-18-13/h1-2,4,8,12,14H,3,5-7,9-11H2. The molecule has 0 aromatic carbocycles. The molecule has 0 N–H and O–H groups in total. The molecule has 2 aliphatic rings. The van der Waals surface area contributed by atoms with Crippen molar-refractivity contribution in [1.82, 2.24) is 20.0 Å². The molecule has 8 nitrogen and oxygen atoms in total. The number of sulfone groups is 1. The SMILES string of the molecule is O=C(C1CCS(=O)(=O)CC1)N1CCCC1c1nc(-c2ccccn2)no1. The maximum absolute atomic E-state index is 12.9. The van der Waals surface area contributed by atoms with Crippen LogP contribution in [0.3, 0.4) is 0 Å². The molecule has 0 bridgehead atoms. The second kappa shape index (κ2) is 6.79. The lowest BCUT2D eigenvalue weighted by molar-refractivity contribution is -0.137. The summed E-state index contributed by atoms with van der Waals surface area (Å²) in [5.74, 6) is 0.763. The summed E-state index contributed by atoms with van der Waals surface area (Å²) in [4.78, 5) is 23.3. The van der Waals surface area contributed by atoms with E-state index in [4.69, 9.17) is 4.52 Å². The smallest absolute Gasteiger partial charge is 0.249 e. The van der Waals surface area contributed by atoms with Gasteiger partial charge in [-0.1, -0.05) is 11.2 Å². The molecule has 0 spiro atoms. The minimum absolute atomic E-state index is 0.0000129. The zero-order valence-electron chi connectivity index (χ0n) is 14.2. The van der Waals surface area contributed by atoms with Gasteiger partial charge < -0.3 is 9.42 Å². The van der Waals surface area contributed by atoms with E-state index in [0.717, 1.165) is 12.8 Å². The van der Waals surface area contributed by atoms with Crippen LogP contribution in [0.1, 0.15) is 37.6 Å². The molecule has 138 valence electrons. The number of pyridine rings is 1. The summed E-state index contributed by atoms with van der Waals surface area (Å²) < 4.78 is 28.6. The summed E-state index contributed by atoms with van der Waals surface area (Å²) in [7, 11) is -2.98. The molecular weight excluding hydrogens is 356 g/mol. The van der Waals surface area contributed by atoms with Gasteiger partial charge in [0.2, 0.25) is 17.6 Å². The summed E-state index contributed by atoms with van der Waals surface area (Å²) in [6, 6.07) is 5.22. The van der Waals surface area contributed by atoms with Gasteiger partial charge in [-0.15, -0.1) is 0 Å². The van der Waals surface area contributed by atoms with Crippen LogP contribution in [0.2, 0.25) is 0 Å². The van der Waals surface area contributed by atoms with E-state index in [0.29, 0.717) is 36.8 Å². The fourth-order valence-corrected chi connectivity index (χ4v) is 5.12. The van der Waals surface area contributed by atoms with Gasteiger partial charge >= 0.3 is 0 Å². The van der Waals surface area contributed by atoms with E-state index in [9.17, 15) is 13.2 Å². The molecule has 0 aliphatic carbocycles. The molecule has 2 fully saturated rings. The first-order chi connectivity index (χ1) is 12.5. The Morgan fingerprint density at radius 1 is 1.19 bits per heavy atom. The Hall–Kier alpha value is -2.29. The van der Waals surface area contributed by atoms with E-state index >= 15 is 0 Å². The average Bonchev–Trinajstić information content (AvgIpc) is 3.31. The number of carbonyl (C=O) groups is 1. The van der Waals surface area contributed by atoms with E-state index in [1.54, 1.807) is 17.2 Å². The van der Waals surface area contributed by atoms with E-state index in [1.165, 1.54) is 0 Å². The number of likely N-dealkylation sites (tertiary alicyclic amines) is 1. The first-order valence-corrected chi connectivity index (χ1v) is 10.6. The Morgan fingerprint density at radius 2 is 2.00 bits per heavy atom. The van der Waals surface area contributed by atoms with Crippen LogP contribution in [0.15, 0.2) is 28.9 Å². The van der Waals surface area contributed by atoms with Crippen LogP contribution in [0.5, 0.6) is 0 Å². The molecule has 1 amide bonds. The molecule has 4 heterocycles. The second-order valence-electron chi connectivity index (χ2n) is 6.79. The Bertz CT molecular complexity index is 882. The maximum Gasteiger partial charge on any atom is 0.249 e. The van der Waals surface area contributed by atoms with Crippen molar-refractivity contribution in [3.63, 3.8) is 0 Å². The highest BCUT2D eigenvalue weighted by Crippen LogP contribution is 2.34. The van der Waals surface area contributed by atoms with Crippen molar-refractivity contribution in [2.45, 2.75) is 31.7 Å². The molecule has 1 unspecified atom stereocenters. The molecule has 0 saturated carbocycles. The number of aromatic nitrogens is 3. The van der Waals surface area contributed by atoms with Crippen molar-refractivity contribution in [2.24, 2.45) is 5.92 Å². The fourth-order valence-electron chi connectivity index (χ4n) is 3.63. The average molecular weight is 376 g/mol. The number of hydrogen-bond acceptors (Lipinski definition) is 7. The predicted octanol–water partition coefficient (Wildman–Crippen LogP) is 1.62. The molecule has 1 atom stereocenters. The van der Waals surface area contributed by atoms with Crippen molar-refractivity contribution in [3.8, 4) is 11.5 Å². The first-order valence-electron chi connectivity index (χ1n) is 8.79. The third kappa shape index (κ3) is 3.35. The Morgan fingerprint density at radius 3 is 2.73 bits per heavy atom. The summed E-state index contributed by atoms with van der Waals surface area (Å²) in [5.41, 5.74) is 0.621. The molecule has 0 radical (unpaired) electrons. The van der Waals surface area contributed by atoms with Crippen LogP contribution in [0, 0.1) is 5.92 Å². The Balaban J connectivity index is 1.50. The lowest BCUT2D eigenvalue weighted by atomic mass is 10.0. The lowest BCUT2D eigenvalue weighted by Gasteiger charge is -2.29. The van der Waals surface area contributed by atoms with E-state index in [2.05, 4.69) is 15.1 Å². The van der Waals surface area contributed by atoms with Gasteiger partial charge in [-0.25, -0.2) is 8.42 Å². The number of nitrogens with zero attached hydrogens (tertiary/aromatic N) is 4. The summed E-state index contributed by atoms with van der Waals surface area (Å²) in [6.07, 6.45) is 4.08. The van der Waals surface area contributed by atoms with Gasteiger partial charge in [0, 0.05) is 18.7 Å². The molecular formula is C17H20N4O4S. The molecule has 2 aromatic heterocycles. The maximum atomic E-state index is 12.9. The number of hydrogen-bond donors (Lipinski definition) is 0. The Kier molecular flexibility index (Phi) is 4.47. The number of carbonyl (C=O) groups excluding carboxylic acids is 1. The van der Waals surface area contributed by atoms with Crippen LogP contribution >= 0.6 is 0 Å². The summed E-state index contributed by atoms with van der Waals surface area (Å²) >= 11 is 0. The normalized spacial score (nSPS) is 23.2. The quantitative estimate of drug-likeness (QED) is 0.801. The van der Waals surface area contributed by atoms with Gasteiger partial charge in [0.15, 0.2) is 0 Å². The minimum atomic E-state index is -2.98. The van der Waals surface area contributed by atoms with Gasteiger partial charge in [0.25, 0.3) is 0 Å². The summed E-state index contributed by atoms with van der Waals surface area (Å²) in [6.45, 7) is 0.633. The molecule has 2 aromatic rings. The van der Waals surface area contributed by atoms with Crippen molar-refractivity contribution >= 4 is 15.7 Å². The number of amides is 1. The monoisotopic (exact) mass is 376 g/mol. The number of rotatable bonds is 3. The highest BCUT2D eigenvalue weighted by molar-refractivity contribution is 7.91. The molecule has 26 heavy (non-hydrogen) atoms. The van der Waals surface area contributed by atoms with Crippen molar-refractivity contribution < 1.29 is 17.7 Å². The van der Waals surface area contributed by atoms with Gasteiger partial charge in [-0.3, -0.25) is 9.78 Å². The van der Waals surface area contributed by atoms with E-state index in [1.807, 2.05) is 12.1 Å². The van der Waals surface area contributed by atoms with Crippen molar-refractivity contribution in [1.29, 1.82) is 0 Å². The van der Waals surface area contributed by atoms with E-state index < -0.39 is 9.84 Å². The highest BCUT2D eigenvalue weighted by atomic mass is 32.2. The summed E-state index contributed by atoms with van der Waals surface area (Å²) in [5, 5.41) is 3.99. The third-order valence-corrected chi connectivity index (χ3v) is 6.78. The fraction of sp³-hybridized carbons (Fsp3) is 0.529. The van der Waals surface area contributed by atoms with Crippen LogP contribution in [0.25, 0.3) is 11.5 Å². The zero-order chi connectivity index (χ0) is 18.1. The van der Waals surface area contributed by atoms with Crippen LogP contribution < -0.4 is 0 Å². The third-order valence-electron chi connectivity index (χ3n) is 5.06. The highest BCUT2D eigenvalue weighted by Gasteiger charge is 2.39. The van der Waals surface area contributed by atoms with Crippen LogP contribution in [0.4, 0.5) is 0 Å². The van der Waals surface area contributed by atoms with Crippen molar-refractivity contribution in [3.05, 3.63) is 30.3 Å². The van der Waals surface area contributed by atoms with E-state index in [-0.39, 0.29) is 29.4 Å². The first kappa shape index (κ1) is 17.1. The van der Waals surface area contributed by atoms with Gasteiger partial charge in [0.05, 0.1) is 11.5 Å². The van der Waals surface area contributed by atoms with Crippen molar-refractivity contribution in [2.75, 3.05) is 18.1 Å². The molecule has 9 heteroatoms. The van der Waals surface area contributed by atoms with Gasteiger partial charge in [-0.2, -0.15) is 4.98 Å². The molecule has 4 rings (SSSR count). The van der Waals surface area contributed by atoms with Crippen LogP contribution in [-0.4, -0.2) is 52.4 Å². The van der Waals surface area contributed by atoms with Gasteiger partial charge in [-0.05, 0) is 37.8 Å². The minimum Gasteiger partial charge on any atom is -0.337 e. The topological polar surface area (TPSA) is 106 Å². The lowest BCUT2D eigenvalue weighted by Crippen LogP contribution is -2.39. The zero-order valence-corrected chi connectivity index (χ0v) is 15.1.